The first-order chi connectivity index (χ1) is 8.97. The van der Waals surface area contributed by atoms with Crippen molar-refractivity contribution in [3.8, 4) is 0 Å². The van der Waals surface area contributed by atoms with Gasteiger partial charge in [-0.25, -0.2) is 4.98 Å². The Hall–Kier alpha value is -1.82. The summed E-state index contributed by atoms with van der Waals surface area (Å²) in [5, 5.41) is 3.13. The van der Waals surface area contributed by atoms with Crippen molar-refractivity contribution >= 4 is 0 Å². The van der Waals surface area contributed by atoms with Crippen LogP contribution in [0.25, 0.3) is 0 Å². The quantitative estimate of drug-likeness (QED) is 0.895. The van der Waals surface area contributed by atoms with Crippen LogP contribution in [0, 0.1) is 6.92 Å². The van der Waals surface area contributed by atoms with E-state index in [4.69, 9.17) is 0 Å². The van der Waals surface area contributed by atoms with Gasteiger partial charge in [0.2, 0.25) is 0 Å². The van der Waals surface area contributed by atoms with Gasteiger partial charge in [-0.2, -0.15) is 13.2 Å². The number of alkyl halides is 3. The summed E-state index contributed by atoms with van der Waals surface area (Å²) < 4.78 is 37.5. The fourth-order valence-corrected chi connectivity index (χ4v) is 1.78. The Labute approximate surface area is 108 Å². The first kappa shape index (κ1) is 13.6. The smallest absolute Gasteiger partial charge is 0.348 e. The standard InChI is InChI=1S/C13H14F3N3/c1-9-6-11(13(14,15)16)3-2-10(9)7-17-8-12-18-4-5-19-12/h2-6,17H,7-8H2,1H3,(H,18,19). The third kappa shape index (κ3) is 3.57. The Bertz CT molecular complexity index is 533. The fraction of sp³-hybridized carbons (Fsp3) is 0.308. The molecule has 1 aromatic heterocycles. The molecule has 102 valence electrons. The maximum atomic E-state index is 12.5. The van der Waals surface area contributed by atoms with Gasteiger partial charge in [0.05, 0.1) is 12.1 Å². The highest BCUT2D eigenvalue weighted by Gasteiger charge is 2.30. The van der Waals surface area contributed by atoms with Crippen molar-refractivity contribution in [2.24, 2.45) is 0 Å². The molecule has 0 aliphatic rings. The minimum absolute atomic E-state index is 0.505. The molecule has 2 aromatic rings. The van der Waals surface area contributed by atoms with Crippen molar-refractivity contribution in [3.63, 3.8) is 0 Å². The highest BCUT2D eigenvalue weighted by molar-refractivity contribution is 5.32. The van der Waals surface area contributed by atoms with Gasteiger partial charge in [-0.15, -0.1) is 0 Å². The summed E-state index contributed by atoms with van der Waals surface area (Å²) in [6.07, 6.45) is -0.911. The van der Waals surface area contributed by atoms with Crippen molar-refractivity contribution < 1.29 is 13.2 Å². The SMILES string of the molecule is Cc1cc(C(F)(F)F)ccc1CNCc1ncc[nH]1. The molecule has 0 radical (unpaired) electrons. The normalized spacial score (nSPS) is 11.8. The summed E-state index contributed by atoms with van der Waals surface area (Å²) in [6, 6.07) is 3.79. The van der Waals surface area contributed by atoms with E-state index in [1.165, 1.54) is 12.1 Å². The number of aromatic amines is 1. The lowest BCUT2D eigenvalue weighted by atomic mass is 10.0. The lowest BCUT2D eigenvalue weighted by Crippen LogP contribution is -2.15. The van der Waals surface area contributed by atoms with Crippen LogP contribution in [0.2, 0.25) is 0 Å². The van der Waals surface area contributed by atoms with Crippen LogP contribution in [0.1, 0.15) is 22.5 Å². The molecule has 0 saturated heterocycles. The van der Waals surface area contributed by atoms with Gasteiger partial charge in [0, 0.05) is 18.9 Å². The van der Waals surface area contributed by atoms with Crippen molar-refractivity contribution in [2.45, 2.75) is 26.2 Å². The first-order valence-electron chi connectivity index (χ1n) is 5.82. The Morgan fingerprint density at radius 1 is 1.26 bits per heavy atom. The van der Waals surface area contributed by atoms with Crippen LogP contribution in [-0.2, 0) is 19.3 Å². The molecule has 1 heterocycles. The van der Waals surface area contributed by atoms with Gasteiger partial charge in [0.15, 0.2) is 0 Å². The van der Waals surface area contributed by atoms with Gasteiger partial charge < -0.3 is 10.3 Å². The van der Waals surface area contributed by atoms with Crippen molar-refractivity contribution in [3.05, 3.63) is 53.1 Å². The van der Waals surface area contributed by atoms with E-state index in [0.717, 1.165) is 17.5 Å². The molecule has 2 N–H and O–H groups in total. The topological polar surface area (TPSA) is 40.7 Å². The molecule has 19 heavy (non-hydrogen) atoms. The molecule has 0 aliphatic carbocycles. The fourth-order valence-electron chi connectivity index (χ4n) is 1.78. The number of nitrogens with one attached hydrogen (secondary N) is 2. The van der Waals surface area contributed by atoms with Gasteiger partial charge >= 0.3 is 6.18 Å². The molecule has 0 amide bonds. The van der Waals surface area contributed by atoms with Crippen LogP contribution in [0.15, 0.2) is 30.6 Å². The van der Waals surface area contributed by atoms with E-state index < -0.39 is 11.7 Å². The van der Waals surface area contributed by atoms with E-state index >= 15 is 0 Å². The summed E-state index contributed by atoms with van der Waals surface area (Å²) in [5.74, 6) is 0.796. The maximum Gasteiger partial charge on any atom is 0.416 e. The van der Waals surface area contributed by atoms with Crippen LogP contribution >= 0.6 is 0 Å². The predicted octanol–water partition coefficient (Wildman–Crippen LogP) is 3.03. The Balaban J connectivity index is 1.97. The number of benzene rings is 1. The summed E-state index contributed by atoms with van der Waals surface area (Å²) in [7, 11) is 0. The largest absolute Gasteiger partial charge is 0.416 e. The molecule has 2 rings (SSSR count). The van der Waals surface area contributed by atoms with E-state index in [1.54, 1.807) is 19.3 Å². The average Bonchev–Trinajstić information content (AvgIpc) is 2.83. The molecule has 0 spiro atoms. The van der Waals surface area contributed by atoms with Gasteiger partial charge in [-0.1, -0.05) is 6.07 Å². The predicted molar refractivity (Wildman–Crippen MR) is 65.3 cm³/mol. The zero-order valence-electron chi connectivity index (χ0n) is 10.4. The van der Waals surface area contributed by atoms with Crippen LogP contribution in [0.5, 0.6) is 0 Å². The monoisotopic (exact) mass is 269 g/mol. The molecule has 0 fully saturated rings. The second-order valence-corrected chi connectivity index (χ2v) is 4.28. The zero-order chi connectivity index (χ0) is 13.9. The molecule has 0 aliphatic heterocycles. The summed E-state index contributed by atoms with van der Waals surface area (Å²) in [4.78, 5) is 6.99. The van der Waals surface area contributed by atoms with Gasteiger partial charge in [-0.3, -0.25) is 0 Å². The molecule has 6 heteroatoms. The number of rotatable bonds is 4. The van der Waals surface area contributed by atoms with Crippen molar-refractivity contribution in [1.82, 2.24) is 15.3 Å². The average molecular weight is 269 g/mol. The van der Waals surface area contributed by atoms with Crippen molar-refractivity contribution in [1.29, 1.82) is 0 Å². The Morgan fingerprint density at radius 2 is 2.05 bits per heavy atom. The van der Waals surface area contributed by atoms with E-state index in [1.807, 2.05) is 0 Å². The van der Waals surface area contributed by atoms with Gasteiger partial charge in [0.1, 0.15) is 5.82 Å². The minimum atomic E-state index is -4.29. The molecule has 0 bridgehead atoms. The van der Waals surface area contributed by atoms with Crippen LogP contribution in [0.3, 0.4) is 0 Å². The lowest BCUT2D eigenvalue weighted by Gasteiger charge is -2.11. The molecular weight excluding hydrogens is 255 g/mol. The second-order valence-electron chi connectivity index (χ2n) is 4.28. The molecule has 0 saturated carbocycles. The zero-order valence-corrected chi connectivity index (χ0v) is 10.4. The molecule has 3 nitrogen and oxygen atoms in total. The summed E-state index contributed by atoms with van der Waals surface area (Å²) in [6.45, 7) is 2.73. The number of hydrogen-bond acceptors (Lipinski definition) is 2. The highest BCUT2D eigenvalue weighted by Crippen LogP contribution is 2.30. The van der Waals surface area contributed by atoms with Gasteiger partial charge in [-0.05, 0) is 30.2 Å². The molecule has 1 aromatic carbocycles. The number of aromatic nitrogens is 2. The van der Waals surface area contributed by atoms with E-state index in [0.29, 0.717) is 18.7 Å². The first-order valence-corrected chi connectivity index (χ1v) is 5.82. The molecular formula is C13H14F3N3. The molecule has 0 atom stereocenters. The second kappa shape index (κ2) is 5.44. The van der Waals surface area contributed by atoms with Crippen LogP contribution in [-0.4, -0.2) is 9.97 Å². The lowest BCUT2D eigenvalue weighted by molar-refractivity contribution is -0.137. The summed E-state index contributed by atoms with van der Waals surface area (Å²) in [5.41, 5.74) is 0.862. The maximum absolute atomic E-state index is 12.5. The number of hydrogen-bond donors (Lipinski definition) is 2. The van der Waals surface area contributed by atoms with E-state index in [9.17, 15) is 13.2 Å². The van der Waals surface area contributed by atoms with Crippen molar-refractivity contribution in [2.75, 3.05) is 0 Å². The van der Waals surface area contributed by atoms with E-state index in [-0.39, 0.29) is 0 Å². The molecule has 0 unspecified atom stereocenters. The van der Waals surface area contributed by atoms with Gasteiger partial charge in [0.25, 0.3) is 0 Å². The number of imidazole rings is 1. The Kier molecular flexibility index (Phi) is 3.90. The number of aryl methyl sites for hydroxylation is 1. The minimum Gasteiger partial charge on any atom is -0.348 e. The number of H-pyrrole nitrogens is 1. The summed E-state index contributed by atoms with van der Waals surface area (Å²) >= 11 is 0. The van der Waals surface area contributed by atoms with Crippen LogP contribution < -0.4 is 5.32 Å². The van der Waals surface area contributed by atoms with E-state index in [2.05, 4.69) is 15.3 Å². The highest BCUT2D eigenvalue weighted by atomic mass is 19.4. The third-order valence-electron chi connectivity index (χ3n) is 2.83. The van der Waals surface area contributed by atoms with Crippen LogP contribution in [0.4, 0.5) is 13.2 Å². The Morgan fingerprint density at radius 3 is 2.63 bits per heavy atom. The number of nitrogens with zero attached hydrogens (tertiary/aromatic N) is 1. The third-order valence-corrected chi connectivity index (χ3v) is 2.83. The number of halogens is 3.